The molecule has 0 aliphatic carbocycles. The Morgan fingerprint density at radius 3 is 1.47 bits per heavy atom. The number of anilines is 3. The van der Waals surface area contributed by atoms with Crippen molar-refractivity contribution in [2.45, 2.75) is 24.7 Å². The van der Waals surface area contributed by atoms with E-state index in [1.807, 2.05) is 0 Å². The summed E-state index contributed by atoms with van der Waals surface area (Å²) in [5.41, 5.74) is 9.28. The lowest BCUT2D eigenvalue weighted by Gasteiger charge is -2.39. The minimum absolute atomic E-state index is 0.0865. The topological polar surface area (TPSA) is 171 Å². The van der Waals surface area contributed by atoms with Crippen molar-refractivity contribution in [2.75, 3.05) is 17.2 Å². The van der Waals surface area contributed by atoms with E-state index in [0.717, 1.165) is 36.4 Å². The zero-order valence-corrected chi connectivity index (χ0v) is 26.3. The smallest absolute Gasteiger partial charge is 0.411 e. The van der Waals surface area contributed by atoms with E-state index in [4.69, 9.17) is 26.7 Å². The van der Waals surface area contributed by atoms with Gasteiger partial charge in [-0.05, 0) is 95.9 Å². The van der Waals surface area contributed by atoms with Crippen LogP contribution in [0, 0.1) is 6.92 Å². The lowest BCUT2D eigenvalue weighted by atomic mass is 9.70. The predicted molar refractivity (Wildman–Crippen MR) is 176 cm³/mol. The number of hydrogen-bond acceptors (Lipinski definition) is 7. The first kappa shape index (κ1) is 35.9. The third kappa shape index (κ3) is 6.77. The Kier molecular flexibility index (Phi) is 9.26. The zero-order valence-electron chi connectivity index (χ0n) is 26.3. The fourth-order valence-corrected chi connectivity index (χ4v) is 5.63. The summed E-state index contributed by atoms with van der Waals surface area (Å²) in [5.74, 6) is -3.40. The second kappa shape index (κ2) is 13.2. The van der Waals surface area contributed by atoms with Crippen molar-refractivity contribution in [1.82, 2.24) is 0 Å². The van der Waals surface area contributed by atoms with Crippen LogP contribution in [-0.4, -0.2) is 34.5 Å². The number of carbonyl (C=O) groups is 2. The van der Waals surface area contributed by atoms with Crippen LogP contribution in [0.15, 0.2) is 97.1 Å². The highest BCUT2D eigenvalue weighted by atomic mass is 19.4. The Bertz CT molecular complexity index is 2140. The number of nitrogen functional groups attached to an aromatic ring is 3. The van der Waals surface area contributed by atoms with Crippen LogP contribution in [-0.2, 0) is 5.41 Å². The van der Waals surface area contributed by atoms with Gasteiger partial charge in [-0.1, -0.05) is 30.3 Å². The van der Waals surface area contributed by atoms with Crippen LogP contribution in [0.2, 0.25) is 0 Å². The molecule has 0 heterocycles. The Morgan fingerprint density at radius 1 is 0.549 bits per heavy atom. The number of alkyl halides is 6. The van der Waals surface area contributed by atoms with E-state index in [1.165, 1.54) is 42.5 Å². The maximum atomic E-state index is 15.4. The van der Waals surface area contributed by atoms with Gasteiger partial charge in [0.25, 0.3) is 0 Å². The number of nitrogens with two attached hydrogens (primary N) is 3. The van der Waals surface area contributed by atoms with Gasteiger partial charge in [0.1, 0.15) is 23.0 Å². The van der Waals surface area contributed by atoms with Crippen LogP contribution in [0.25, 0.3) is 11.1 Å². The van der Waals surface area contributed by atoms with Crippen LogP contribution in [0.1, 0.15) is 37.4 Å². The monoisotopic (exact) mass is 711 g/mol. The highest BCUT2D eigenvalue weighted by molar-refractivity contribution is 5.94. The minimum Gasteiger partial charge on any atom is -0.478 e. The summed E-state index contributed by atoms with van der Waals surface area (Å²) in [4.78, 5) is 23.0. The van der Waals surface area contributed by atoms with Gasteiger partial charge in [0.05, 0.1) is 11.1 Å². The maximum absolute atomic E-state index is 15.4. The second-order valence-corrected chi connectivity index (χ2v) is 11.4. The van der Waals surface area contributed by atoms with Crippen molar-refractivity contribution < 1.29 is 55.6 Å². The molecule has 5 aromatic carbocycles. The first-order valence-corrected chi connectivity index (χ1v) is 14.7. The molecule has 0 saturated carbocycles. The summed E-state index contributed by atoms with van der Waals surface area (Å²) in [6, 6.07) is 16.7. The molecular weight excluding hydrogens is 684 g/mol. The molecule has 0 spiro atoms. The van der Waals surface area contributed by atoms with E-state index < -0.39 is 46.4 Å². The number of rotatable bonds is 9. The summed E-state index contributed by atoms with van der Waals surface area (Å²) < 4.78 is 103. The molecule has 0 amide bonds. The van der Waals surface area contributed by atoms with Crippen LogP contribution in [0.5, 0.6) is 23.0 Å². The average Bonchev–Trinajstić information content (AvgIpc) is 3.03. The summed E-state index contributed by atoms with van der Waals surface area (Å²) in [7, 11) is 0. The van der Waals surface area contributed by atoms with Crippen molar-refractivity contribution in [3.63, 3.8) is 0 Å². The Balaban J connectivity index is 1.70. The summed E-state index contributed by atoms with van der Waals surface area (Å²) in [6.07, 6.45) is -12.0. The van der Waals surface area contributed by atoms with Gasteiger partial charge < -0.3 is 36.9 Å². The van der Waals surface area contributed by atoms with Gasteiger partial charge in [-0.2, -0.15) is 26.3 Å². The first-order chi connectivity index (χ1) is 23.8. The first-order valence-electron chi connectivity index (χ1n) is 14.7. The van der Waals surface area contributed by atoms with Crippen LogP contribution >= 0.6 is 0 Å². The molecule has 0 aromatic heterocycles. The van der Waals surface area contributed by atoms with E-state index >= 15 is 26.3 Å². The summed E-state index contributed by atoms with van der Waals surface area (Å²) >= 11 is 0. The molecule has 0 aliphatic rings. The molecule has 15 heteroatoms. The highest BCUT2D eigenvalue weighted by Crippen LogP contribution is 2.59. The number of aromatic carboxylic acids is 2. The van der Waals surface area contributed by atoms with Gasteiger partial charge in [0, 0.05) is 22.6 Å². The average molecular weight is 712 g/mol. The quantitative estimate of drug-likeness (QED) is 0.0740. The predicted octanol–water partition coefficient (Wildman–Crippen LogP) is 8.80. The molecule has 0 fully saturated rings. The van der Waals surface area contributed by atoms with Gasteiger partial charge in [0.2, 0.25) is 5.41 Å². The fourth-order valence-electron chi connectivity index (χ4n) is 5.63. The molecule has 0 aliphatic heterocycles. The number of ether oxygens (including phenoxy) is 2. The molecular formula is C36H27F6N3O6. The van der Waals surface area contributed by atoms with Crippen LogP contribution in [0.4, 0.5) is 43.4 Å². The van der Waals surface area contributed by atoms with E-state index in [-0.39, 0.29) is 56.8 Å². The molecule has 51 heavy (non-hydrogen) atoms. The van der Waals surface area contributed by atoms with Gasteiger partial charge in [-0.25, -0.2) is 9.59 Å². The third-order valence-electron chi connectivity index (χ3n) is 8.01. The standard InChI is InChI=1S/C36H27F6N3O6/c1-18-2-10-24(31(45)14-18)25-15-21(51-23-9-13-30(44)27(17-23)33(48)49)7-11-28(25)34(35(37,38)39,36(40,41)42)19-3-5-20(6-4-19)50-22-8-12-29(43)26(16-22)32(46)47/h2-17H,43-45H2,1H3,(H,46,47)(H,48,49). The number of hydrogen-bond donors (Lipinski definition) is 5. The van der Waals surface area contributed by atoms with Crippen molar-refractivity contribution in [2.24, 2.45) is 0 Å². The third-order valence-corrected chi connectivity index (χ3v) is 8.01. The molecule has 0 unspecified atom stereocenters. The largest absolute Gasteiger partial charge is 0.478 e. The number of carboxylic acids is 2. The number of aryl methyl sites for hydroxylation is 1. The van der Waals surface area contributed by atoms with E-state index in [0.29, 0.717) is 23.8 Å². The molecule has 0 saturated heterocycles. The summed E-state index contributed by atoms with van der Waals surface area (Å²) in [6.45, 7) is 1.63. The SMILES string of the molecule is Cc1ccc(-c2cc(Oc3ccc(N)c(C(=O)O)c3)ccc2C(c2ccc(Oc3ccc(N)c(C(=O)O)c3)cc2)(C(F)(F)F)C(F)(F)F)c(N)c1. The van der Waals surface area contributed by atoms with Crippen molar-refractivity contribution in [3.05, 3.63) is 125 Å². The number of halogens is 6. The second-order valence-electron chi connectivity index (χ2n) is 11.4. The summed E-state index contributed by atoms with van der Waals surface area (Å²) in [5, 5.41) is 18.7. The molecule has 8 N–H and O–H groups in total. The van der Waals surface area contributed by atoms with E-state index in [2.05, 4.69) is 0 Å². The molecule has 5 aromatic rings. The molecule has 5 rings (SSSR count). The fraction of sp³-hybridized carbons (Fsp3) is 0.111. The zero-order chi connectivity index (χ0) is 37.5. The highest BCUT2D eigenvalue weighted by Gasteiger charge is 2.73. The number of carboxylic acid groups (broad SMARTS) is 2. The Hall–Kier alpha value is -6.38. The van der Waals surface area contributed by atoms with E-state index in [9.17, 15) is 19.8 Å². The minimum atomic E-state index is -6.00. The van der Waals surface area contributed by atoms with Crippen LogP contribution in [0.3, 0.4) is 0 Å². The maximum Gasteiger partial charge on any atom is 0.411 e. The van der Waals surface area contributed by atoms with Gasteiger partial charge >= 0.3 is 24.3 Å². The van der Waals surface area contributed by atoms with Crippen LogP contribution < -0.4 is 26.7 Å². The Morgan fingerprint density at radius 2 is 1.00 bits per heavy atom. The van der Waals surface area contributed by atoms with Crippen molar-refractivity contribution >= 4 is 29.0 Å². The van der Waals surface area contributed by atoms with Gasteiger partial charge in [-0.15, -0.1) is 0 Å². The molecule has 264 valence electrons. The van der Waals surface area contributed by atoms with Crippen molar-refractivity contribution in [3.8, 4) is 34.1 Å². The lowest BCUT2D eigenvalue weighted by molar-refractivity contribution is -0.288. The van der Waals surface area contributed by atoms with E-state index in [1.54, 1.807) is 6.92 Å². The molecule has 0 atom stereocenters. The van der Waals surface area contributed by atoms with Gasteiger partial charge in [0.15, 0.2) is 0 Å². The van der Waals surface area contributed by atoms with Gasteiger partial charge in [-0.3, -0.25) is 0 Å². The Labute approximate surface area is 285 Å². The molecule has 9 nitrogen and oxygen atoms in total. The number of benzene rings is 5. The molecule has 0 radical (unpaired) electrons. The lowest BCUT2D eigenvalue weighted by Crippen LogP contribution is -2.55. The van der Waals surface area contributed by atoms with Crippen molar-refractivity contribution in [1.29, 1.82) is 0 Å². The molecule has 0 bridgehead atoms. The normalized spacial score (nSPS) is 12.0.